The molecule has 2 rings (SSSR count). The highest BCUT2D eigenvalue weighted by molar-refractivity contribution is 7.51. The Morgan fingerprint density at radius 3 is 2.79 bits per heavy atom. The number of furan rings is 1. The molecule has 1 aliphatic heterocycles. The predicted molar refractivity (Wildman–Crippen MR) is 68.6 cm³/mol. The van der Waals surface area contributed by atoms with Gasteiger partial charge in [0.25, 0.3) is 11.7 Å². The van der Waals surface area contributed by atoms with Gasteiger partial charge in [-0.25, -0.2) is 0 Å². The van der Waals surface area contributed by atoms with Gasteiger partial charge in [0.05, 0.1) is 6.26 Å². The Hall–Kier alpha value is -1.14. The molecule has 0 fully saturated rings. The second kappa shape index (κ2) is 5.09. The van der Waals surface area contributed by atoms with Crippen molar-refractivity contribution in [2.75, 3.05) is 13.2 Å². The summed E-state index contributed by atoms with van der Waals surface area (Å²) in [5.74, 6) is -0.612. The molecule has 0 saturated carbocycles. The molecule has 2 unspecified atom stereocenters. The number of aliphatic imine (C=N–C) groups is 1. The topological polar surface area (TPSA) is 84.5 Å². The Labute approximate surface area is 111 Å². The second-order valence-corrected chi connectivity index (χ2v) is 5.96. The highest BCUT2D eigenvalue weighted by Crippen LogP contribution is 2.47. The van der Waals surface area contributed by atoms with Crippen LogP contribution in [0.4, 0.5) is 0 Å². The molecule has 0 spiro atoms. The molecule has 0 amide bonds. The fourth-order valence-electron chi connectivity index (χ4n) is 1.88. The van der Waals surface area contributed by atoms with Crippen LogP contribution in [0.15, 0.2) is 27.8 Å². The monoisotopic (exact) mass is 288 g/mol. The van der Waals surface area contributed by atoms with Crippen molar-refractivity contribution in [3.8, 4) is 0 Å². The van der Waals surface area contributed by atoms with Crippen molar-refractivity contribution >= 4 is 13.5 Å². The molecule has 8 heteroatoms. The summed E-state index contributed by atoms with van der Waals surface area (Å²) in [5, 5.41) is 1.43. The molecule has 0 bridgehead atoms. The van der Waals surface area contributed by atoms with Crippen molar-refractivity contribution < 1.29 is 23.2 Å². The lowest BCUT2D eigenvalue weighted by molar-refractivity contribution is -0.209. The summed E-state index contributed by atoms with van der Waals surface area (Å²) < 4.78 is 22.0. The molecule has 1 aliphatic rings. The maximum atomic E-state index is 11.5. The van der Waals surface area contributed by atoms with Crippen LogP contribution in [0, 0.1) is 0 Å². The van der Waals surface area contributed by atoms with Crippen LogP contribution in [-0.4, -0.2) is 34.9 Å². The molecule has 1 aromatic rings. The van der Waals surface area contributed by atoms with Gasteiger partial charge in [-0.2, -0.15) is 4.99 Å². The first kappa shape index (κ1) is 14.3. The van der Waals surface area contributed by atoms with E-state index in [0.717, 1.165) is 6.66 Å². The van der Waals surface area contributed by atoms with Crippen LogP contribution < -0.4 is 0 Å². The van der Waals surface area contributed by atoms with Gasteiger partial charge >= 0.3 is 7.60 Å². The molecule has 0 saturated heterocycles. The zero-order chi connectivity index (χ0) is 14.1. The minimum atomic E-state index is -3.71. The zero-order valence-corrected chi connectivity index (χ0v) is 12.0. The van der Waals surface area contributed by atoms with Gasteiger partial charge in [-0.3, -0.25) is 9.09 Å². The smallest absolute Gasteiger partial charge is 0.328 e. The van der Waals surface area contributed by atoms with Crippen LogP contribution >= 0.6 is 7.60 Å². The zero-order valence-electron chi connectivity index (χ0n) is 11.1. The van der Waals surface area contributed by atoms with E-state index in [-0.39, 0.29) is 5.90 Å². The van der Waals surface area contributed by atoms with E-state index in [1.165, 1.54) is 11.3 Å². The summed E-state index contributed by atoms with van der Waals surface area (Å²) in [6.45, 7) is 5.21. The van der Waals surface area contributed by atoms with E-state index in [4.69, 9.17) is 13.8 Å². The van der Waals surface area contributed by atoms with E-state index in [1.54, 1.807) is 19.1 Å². The standard InChI is InChI=1S/C11H17N2O5P/c1-4-11(18-19(3,14)15)12-10(17-13(11)5-2)9-7-6-8-16-9/h6-8H,4-5H2,1-3H3,(H,14,15). The van der Waals surface area contributed by atoms with Gasteiger partial charge in [0, 0.05) is 19.6 Å². The van der Waals surface area contributed by atoms with E-state index < -0.39 is 13.4 Å². The molecule has 106 valence electrons. The number of hydroxylamine groups is 2. The van der Waals surface area contributed by atoms with Crippen molar-refractivity contribution in [3.05, 3.63) is 24.2 Å². The lowest BCUT2D eigenvalue weighted by Crippen LogP contribution is -2.44. The second-order valence-electron chi connectivity index (χ2n) is 4.17. The molecular weight excluding hydrogens is 271 g/mol. The Morgan fingerprint density at radius 2 is 2.32 bits per heavy atom. The Morgan fingerprint density at radius 1 is 1.58 bits per heavy atom. The van der Waals surface area contributed by atoms with E-state index in [2.05, 4.69) is 4.99 Å². The number of hydrogen-bond donors (Lipinski definition) is 1. The third-order valence-corrected chi connectivity index (χ3v) is 3.29. The van der Waals surface area contributed by atoms with Crippen molar-refractivity contribution in [1.82, 2.24) is 5.06 Å². The van der Waals surface area contributed by atoms with Gasteiger partial charge in [0.2, 0.25) is 0 Å². The van der Waals surface area contributed by atoms with Gasteiger partial charge in [0.1, 0.15) is 0 Å². The van der Waals surface area contributed by atoms with Crippen LogP contribution in [0.1, 0.15) is 26.0 Å². The Balaban J connectivity index is 2.36. The first-order chi connectivity index (χ1) is 8.90. The molecule has 1 aromatic heterocycles. The fraction of sp³-hybridized carbons (Fsp3) is 0.545. The summed E-state index contributed by atoms with van der Waals surface area (Å²) >= 11 is 0. The lowest BCUT2D eigenvalue weighted by atomic mass is 10.3. The van der Waals surface area contributed by atoms with Crippen LogP contribution in [0.2, 0.25) is 0 Å². The molecule has 2 heterocycles. The largest absolute Gasteiger partial charge is 0.459 e. The van der Waals surface area contributed by atoms with Crippen molar-refractivity contribution in [3.63, 3.8) is 0 Å². The minimum absolute atomic E-state index is 0.238. The Kier molecular flexibility index (Phi) is 3.82. The van der Waals surface area contributed by atoms with E-state index in [9.17, 15) is 9.46 Å². The van der Waals surface area contributed by atoms with E-state index >= 15 is 0 Å². The summed E-state index contributed by atoms with van der Waals surface area (Å²) in [4.78, 5) is 19.3. The quantitative estimate of drug-likeness (QED) is 0.836. The highest BCUT2D eigenvalue weighted by Gasteiger charge is 2.47. The van der Waals surface area contributed by atoms with Gasteiger partial charge in [0.15, 0.2) is 5.76 Å². The molecule has 0 aliphatic carbocycles. The van der Waals surface area contributed by atoms with Crippen molar-refractivity contribution in [2.45, 2.75) is 26.1 Å². The molecule has 7 nitrogen and oxygen atoms in total. The maximum absolute atomic E-state index is 11.5. The van der Waals surface area contributed by atoms with Crippen molar-refractivity contribution in [1.29, 1.82) is 0 Å². The highest BCUT2D eigenvalue weighted by atomic mass is 31.2. The number of nitrogens with zero attached hydrogens (tertiary/aromatic N) is 2. The van der Waals surface area contributed by atoms with Gasteiger partial charge in [-0.05, 0) is 19.1 Å². The first-order valence-electron chi connectivity index (χ1n) is 6.00. The SMILES string of the molecule is CCN1OC(c2ccco2)=NC1(CC)OP(C)(=O)O. The number of hydrogen-bond acceptors (Lipinski definition) is 6. The third kappa shape index (κ3) is 2.90. The first-order valence-corrected chi connectivity index (χ1v) is 8.03. The predicted octanol–water partition coefficient (Wildman–Crippen LogP) is 2.19. The summed E-state index contributed by atoms with van der Waals surface area (Å²) in [5.41, 5.74) is 0. The van der Waals surface area contributed by atoms with E-state index in [0.29, 0.717) is 18.7 Å². The molecule has 0 aromatic carbocycles. The van der Waals surface area contributed by atoms with E-state index in [1.807, 2.05) is 6.92 Å². The lowest BCUT2D eigenvalue weighted by Gasteiger charge is -2.32. The minimum Gasteiger partial charge on any atom is -0.459 e. The van der Waals surface area contributed by atoms with Gasteiger partial charge in [-0.1, -0.05) is 12.0 Å². The summed E-state index contributed by atoms with van der Waals surface area (Å²) in [6.07, 6.45) is 1.87. The van der Waals surface area contributed by atoms with Gasteiger partial charge in [-0.15, -0.1) is 0 Å². The van der Waals surface area contributed by atoms with Crippen LogP contribution in [0.25, 0.3) is 0 Å². The van der Waals surface area contributed by atoms with Crippen LogP contribution in [0.3, 0.4) is 0 Å². The normalized spacial score (nSPS) is 26.8. The van der Waals surface area contributed by atoms with Gasteiger partial charge < -0.3 is 14.1 Å². The van der Waals surface area contributed by atoms with Crippen molar-refractivity contribution in [2.24, 2.45) is 4.99 Å². The molecule has 0 radical (unpaired) electrons. The summed E-state index contributed by atoms with van der Waals surface area (Å²) in [6, 6.07) is 3.41. The molecular formula is C11H17N2O5P. The average molecular weight is 288 g/mol. The number of rotatable bonds is 5. The Bertz CT molecular complexity index is 509. The molecule has 1 N–H and O–H groups in total. The summed E-state index contributed by atoms with van der Waals surface area (Å²) in [7, 11) is -3.71. The fourth-order valence-corrected chi connectivity index (χ4v) is 2.68. The van der Waals surface area contributed by atoms with Crippen LogP contribution in [0.5, 0.6) is 0 Å². The average Bonchev–Trinajstić information content (AvgIpc) is 2.93. The van der Waals surface area contributed by atoms with Crippen LogP contribution in [-0.2, 0) is 13.9 Å². The molecule has 19 heavy (non-hydrogen) atoms. The molecule has 2 atom stereocenters. The third-order valence-electron chi connectivity index (χ3n) is 2.66. The maximum Gasteiger partial charge on any atom is 0.328 e.